The van der Waals surface area contributed by atoms with Crippen molar-refractivity contribution in [3.63, 3.8) is 0 Å². The Labute approximate surface area is 482 Å². The predicted molar refractivity (Wildman–Crippen MR) is 321 cm³/mol. The van der Waals surface area contributed by atoms with Crippen LogP contribution in [-0.2, 0) is 16.5 Å². The molecule has 0 amide bonds. The van der Waals surface area contributed by atoms with Gasteiger partial charge in [0.1, 0.15) is 0 Å². The largest absolute Gasteiger partial charge is 0.416 e. The minimum Gasteiger partial charge on any atom is -0.416 e. The number of allylic oxidation sites excluding steroid dienone is 8. The molecule has 80 heavy (non-hydrogen) atoms. The molecule has 0 aromatic rings. The summed E-state index contributed by atoms with van der Waals surface area (Å²) in [7, 11) is -12.6. The normalized spacial score (nSPS) is 29.1. The molecule has 1 fully saturated rings. The Bertz CT molecular complexity index is 2470. The molecule has 0 unspecified atom stereocenters. The monoisotopic (exact) mass is 1150 g/mol. The van der Waals surface area contributed by atoms with E-state index >= 15 is 0 Å². The van der Waals surface area contributed by atoms with Gasteiger partial charge in [-0.15, -0.1) is 0 Å². The summed E-state index contributed by atoms with van der Waals surface area (Å²) in [5.74, 6) is -3.27. The summed E-state index contributed by atoms with van der Waals surface area (Å²) in [4.78, 5) is 20.3. The van der Waals surface area contributed by atoms with Gasteiger partial charge >= 0.3 is 34.2 Å². The summed E-state index contributed by atoms with van der Waals surface area (Å²) in [5, 5.41) is 78.0. The molecular weight excluding hydrogens is 1070 g/mol. The van der Waals surface area contributed by atoms with Gasteiger partial charge in [-0.1, -0.05) is 55.4 Å². The van der Waals surface area contributed by atoms with E-state index in [2.05, 4.69) is 130 Å². The lowest BCUT2D eigenvalue weighted by atomic mass is 9.73. The quantitative estimate of drug-likeness (QED) is 0.0813. The Kier molecular flexibility index (Phi) is 22.3. The summed E-state index contributed by atoms with van der Waals surface area (Å²) in [6, 6.07) is 19.7. The minimum absolute atomic E-state index is 0.147. The molecule has 0 atom stereocenters. The van der Waals surface area contributed by atoms with Crippen LogP contribution in [0.2, 0.25) is 50.4 Å². The number of hydrogen-bond acceptors (Lipinski definition) is 16. The second-order valence-electron chi connectivity index (χ2n) is 26.6. The van der Waals surface area contributed by atoms with Crippen LogP contribution in [0.5, 0.6) is 0 Å². The van der Waals surface area contributed by atoms with Gasteiger partial charge in [0.25, 0.3) is 0 Å². The summed E-state index contributed by atoms with van der Waals surface area (Å²) < 4.78 is 30.4. The Balaban J connectivity index is 1.49. The maximum Gasteiger partial charge on any atom is 0.317 e. The number of nitrogens with zero attached hydrogens (tertiary/aromatic N) is 12. The highest BCUT2D eigenvalue weighted by Gasteiger charge is 2.56. The van der Waals surface area contributed by atoms with Gasteiger partial charge in [0.05, 0.1) is 48.6 Å². The molecule has 424 valence electrons. The summed E-state index contributed by atoms with van der Waals surface area (Å²) in [6.45, 7) is 27.7. The Hall–Kier alpha value is -5.73. The van der Waals surface area contributed by atoms with Crippen molar-refractivity contribution in [1.82, 2.24) is 0 Å². The lowest BCUT2D eigenvalue weighted by Gasteiger charge is -2.50. The van der Waals surface area contributed by atoms with E-state index in [1.54, 1.807) is 0 Å². The van der Waals surface area contributed by atoms with Gasteiger partial charge in [-0.2, -0.15) is 42.1 Å². The first-order chi connectivity index (χ1) is 37.5. The zero-order valence-electron chi connectivity index (χ0n) is 49.8. The molecule has 20 heteroatoms. The van der Waals surface area contributed by atoms with E-state index in [4.69, 9.17) is 36.4 Å². The molecule has 0 aromatic heterocycles. The fourth-order valence-electron chi connectivity index (χ4n) is 12.4. The highest BCUT2D eigenvalue weighted by Crippen LogP contribution is 2.43. The van der Waals surface area contributed by atoms with Crippen molar-refractivity contribution in [3.05, 3.63) is 46.6 Å². The molecule has 0 radical (unpaired) electrons. The van der Waals surface area contributed by atoms with Crippen molar-refractivity contribution >= 4 is 57.1 Å². The molecule has 0 aromatic carbocycles. The molecule has 0 spiro atoms. The molecule has 5 rings (SSSR count). The van der Waals surface area contributed by atoms with Crippen LogP contribution in [0, 0.1) is 136 Å². The highest BCUT2D eigenvalue weighted by molar-refractivity contribution is 6.93. The third-order valence-electron chi connectivity index (χ3n) is 15.4. The summed E-state index contributed by atoms with van der Waals surface area (Å²) >= 11 is 0. The first-order valence-corrected chi connectivity index (χ1v) is 38.5. The number of rotatable bonds is 20. The van der Waals surface area contributed by atoms with E-state index in [0.29, 0.717) is 102 Å². The van der Waals surface area contributed by atoms with E-state index in [0.717, 1.165) is 70.8 Å². The van der Waals surface area contributed by atoms with Crippen molar-refractivity contribution in [2.75, 3.05) is 26.2 Å². The molecule has 1 aliphatic heterocycles. The molecule has 5 aliphatic rings. The van der Waals surface area contributed by atoms with Crippen molar-refractivity contribution in [2.45, 2.75) is 183 Å². The summed E-state index contributed by atoms with van der Waals surface area (Å²) in [5.41, 5.74) is 6.14. The van der Waals surface area contributed by atoms with Gasteiger partial charge < -0.3 is 16.5 Å². The number of hydrogen-bond donors (Lipinski definition) is 0. The van der Waals surface area contributed by atoms with Crippen LogP contribution >= 0.6 is 0 Å². The smallest absolute Gasteiger partial charge is 0.317 e. The van der Waals surface area contributed by atoms with Gasteiger partial charge in [0.15, 0.2) is 23.7 Å². The van der Waals surface area contributed by atoms with E-state index < -0.39 is 57.9 Å². The molecular formula is C60H84N12O4Si4. The molecule has 4 aliphatic carbocycles. The highest BCUT2D eigenvalue weighted by atomic mass is 28.5. The average Bonchev–Trinajstić information content (AvgIpc) is 3.34. The van der Waals surface area contributed by atoms with Crippen LogP contribution < -0.4 is 0 Å². The lowest BCUT2D eigenvalue weighted by Crippen LogP contribution is -2.67. The Morgan fingerprint density at radius 3 is 0.688 bits per heavy atom. The van der Waals surface area contributed by atoms with E-state index in [9.17, 15) is 42.1 Å². The van der Waals surface area contributed by atoms with Gasteiger partial charge in [-0.3, -0.25) is 20.0 Å². The number of aliphatic imine (C=N–C) groups is 4. The van der Waals surface area contributed by atoms with Crippen molar-refractivity contribution in [3.8, 4) is 48.6 Å². The van der Waals surface area contributed by atoms with Gasteiger partial charge in [-0.25, -0.2) is 0 Å². The maximum atomic E-state index is 9.75. The molecule has 1 saturated heterocycles. The first kappa shape index (κ1) is 65.1. The van der Waals surface area contributed by atoms with E-state index in [1.165, 1.54) is 0 Å². The fourth-order valence-corrected chi connectivity index (χ4v) is 35.7. The van der Waals surface area contributed by atoms with Crippen LogP contribution in [0.25, 0.3) is 0 Å². The molecule has 0 saturated carbocycles. The average molecular weight is 1150 g/mol. The van der Waals surface area contributed by atoms with E-state index in [1.807, 2.05) is 24.3 Å². The lowest BCUT2D eigenvalue weighted by molar-refractivity contribution is 0.221. The Morgan fingerprint density at radius 2 is 0.525 bits per heavy atom. The standard InChI is InChI=1S/C60H84N12O4Si4/c1-57(2)29-45(49(37-61)38-62)25-53(33-57)69-17-13-21-77(9)73-78(10,22-14-18-70-54-26-46(50(39-63)40-64)30-58(3,4)34-54)75-80(12,24-16-20-72-56-28-48(52(43-67)44-68)32-60(7,8)36-56)76-79(11,74-77)23-15-19-71-55-27-47(51(41-65)42-66)31-59(5,6)35-55/h25-28,49-52H,13-24,29-36H2,1-12H3. The third kappa shape index (κ3) is 19.2. The van der Waals surface area contributed by atoms with Gasteiger partial charge in [-0.05, 0) is 196 Å². The minimum atomic E-state index is -3.15. The third-order valence-corrected chi connectivity index (χ3v) is 34.3. The second kappa shape index (κ2) is 27.4. The van der Waals surface area contributed by atoms with Crippen LogP contribution in [0.3, 0.4) is 0 Å². The molecule has 16 nitrogen and oxygen atoms in total. The van der Waals surface area contributed by atoms with Gasteiger partial charge in [0.2, 0.25) is 0 Å². The molecule has 1 heterocycles. The molecule has 0 bridgehead atoms. The van der Waals surface area contributed by atoms with Crippen molar-refractivity contribution in [2.24, 2.45) is 65.3 Å². The van der Waals surface area contributed by atoms with Crippen LogP contribution in [0.4, 0.5) is 0 Å². The Morgan fingerprint density at radius 1 is 0.350 bits per heavy atom. The molecule has 0 N–H and O–H groups in total. The predicted octanol–water partition coefficient (Wildman–Crippen LogP) is 13.3. The first-order valence-electron chi connectivity index (χ1n) is 28.4. The van der Waals surface area contributed by atoms with Crippen molar-refractivity contribution < 1.29 is 16.5 Å². The zero-order valence-corrected chi connectivity index (χ0v) is 53.8. The summed E-state index contributed by atoms with van der Waals surface area (Å²) in [6.07, 6.45) is 16.0. The SMILES string of the molecule is CC1(C)CC(C(C#N)C#N)=CC(=NCCC[Si]2(C)O[Si](C)(CCCN=C3C=C(C(C#N)C#N)CC(C)(C)C3)O[Si](C)(CCCN=C3C=C(C(C#N)C#N)CC(C)(C)C3)O[Si](C)(CCCN=C3C=C(C(C#N)C#N)CC(C)(C)C3)O2)C1. The topological polar surface area (TPSA) is 277 Å². The van der Waals surface area contributed by atoms with E-state index in [-0.39, 0.29) is 21.7 Å². The van der Waals surface area contributed by atoms with Crippen molar-refractivity contribution in [1.29, 1.82) is 42.1 Å². The zero-order chi connectivity index (χ0) is 59.2. The number of nitriles is 8. The van der Waals surface area contributed by atoms with Crippen LogP contribution in [-0.4, -0.2) is 83.3 Å². The van der Waals surface area contributed by atoms with Crippen LogP contribution in [0.1, 0.15) is 132 Å². The fraction of sp³-hybridized carbons (Fsp3) is 0.667. The maximum absolute atomic E-state index is 9.75. The van der Waals surface area contributed by atoms with Gasteiger partial charge in [0, 0.05) is 49.0 Å². The van der Waals surface area contributed by atoms with Crippen LogP contribution in [0.15, 0.2) is 66.6 Å². The second-order valence-corrected chi connectivity index (χ2v) is 40.9.